The number of amides is 1. The van der Waals surface area contributed by atoms with Gasteiger partial charge in [0.1, 0.15) is 5.82 Å². The van der Waals surface area contributed by atoms with Gasteiger partial charge in [-0.1, -0.05) is 0 Å². The Labute approximate surface area is 116 Å². The number of nitrogens with zero attached hydrogens (tertiary/aromatic N) is 1. The fourth-order valence-corrected chi connectivity index (χ4v) is 1.59. The van der Waals surface area contributed by atoms with Crippen molar-refractivity contribution < 1.29 is 24.0 Å². The molecule has 0 bridgehead atoms. The number of aromatic nitrogens is 1. The summed E-state index contributed by atoms with van der Waals surface area (Å²) in [5, 5.41) is 21.6. The second-order valence-electron chi connectivity index (χ2n) is 3.97. The van der Waals surface area contributed by atoms with Crippen LogP contribution in [0.3, 0.4) is 0 Å². The third kappa shape index (κ3) is 3.03. The highest BCUT2D eigenvalue weighted by atomic mass is 19.1. The number of carboxylic acid groups (broad SMARTS) is 1. The molecule has 8 nitrogen and oxygen atoms in total. The highest BCUT2D eigenvalue weighted by Gasteiger charge is 2.17. The Balaban J connectivity index is 2.21. The molecule has 2 rings (SSSR count). The van der Waals surface area contributed by atoms with E-state index < -0.39 is 28.2 Å². The first-order chi connectivity index (χ1) is 9.88. The van der Waals surface area contributed by atoms with Crippen LogP contribution in [-0.2, 0) is 0 Å². The van der Waals surface area contributed by atoms with Gasteiger partial charge in [0, 0.05) is 11.8 Å². The third-order valence-electron chi connectivity index (χ3n) is 2.57. The Morgan fingerprint density at radius 2 is 2.00 bits per heavy atom. The van der Waals surface area contributed by atoms with Crippen molar-refractivity contribution in [1.82, 2.24) is 4.98 Å². The number of hydrogen-bond donors (Lipinski definition) is 3. The molecule has 0 aliphatic carbocycles. The van der Waals surface area contributed by atoms with Crippen LogP contribution < -0.4 is 5.32 Å². The van der Waals surface area contributed by atoms with Gasteiger partial charge in [-0.2, -0.15) is 0 Å². The molecule has 1 aromatic heterocycles. The van der Waals surface area contributed by atoms with E-state index in [-0.39, 0.29) is 17.2 Å². The Morgan fingerprint density at radius 3 is 2.57 bits per heavy atom. The summed E-state index contributed by atoms with van der Waals surface area (Å²) in [6.45, 7) is 0. The molecule has 0 unspecified atom stereocenters. The third-order valence-corrected chi connectivity index (χ3v) is 2.57. The smallest absolute Gasteiger partial charge is 0.338 e. The first-order valence-corrected chi connectivity index (χ1v) is 5.56. The van der Waals surface area contributed by atoms with E-state index in [4.69, 9.17) is 5.11 Å². The van der Waals surface area contributed by atoms with Gasteiger partial charge >= 0.3 is 11.8 Å². The number of nitrogens with one attached hydrogen (secondary N) is 2. The summed E-state index contributed by atoms with van der Waals surface area (Å²) in [5.41, 5.74) is -0.621. The molecule has 0 atom stereocenters. The Hall–Kier alpha value is -3.23. The van der Waals surface area contributed by atoms with Crippen molar-refractivity contribution in [1.29, 1.82) is 0 Å². The lowest BCUT2D eigenvalue weighted by atomic mass is 10.2. The summed E-state index contributed by atoms with van der Waals surface area (Å²) < 4.78 is 13.2. The van der Waals surface area contributed by atoms with Crippen molar-refractivity contribution >= 4 is 23.4 Å². The summed E-state index contributed by atoms with van der Waals surface area (Å²) in [7, 11) is 0. The average molecular weight is 293 g/mol. The van der Waals surface area contributed by atoms with Crippen molar-refractivity contribution in [2.75, 3.05) is 5.32 Å². The number of carboxylic acids is 1. The predicted octanol–water partition coefficient (Wildman–Crippen LogP) is 2.01. The number of nitro groups is 1. The monoisotopic (exact) mass is 293 g/mol. The second-order valence-corrected chi connectivity index (χ2v) is 3.97. The number of benzene rings is 1. The number of hydrogen-bond acceptors (Lipinski definition) is 4. The fraction of sp³-hybridized carbons (Fsp3) is 0. The van der Waals surface area contributed by atoms with Gasteiger partial charge < -0.3 is 20.5 Å². The lowest BCUT2D eigenvalue weighted by Gasteiger charge is -2.04. The molecule has 108 valence electrons. The maximum atomic E-state index is 13.2. The first-order valence-electron chi connectivity index (χ1n) is 5.56. The number of H-pyrrole nitrogens is 1. The van der Waals surface area contributed by atoms with Crippen LogP contribution in [0.2, 0.25) is 0 Å². The number of aromatic amines is 1. The Kier molecular flexibility index (Phi) is 3.65. The average Bonchev–Trinajstić information content (AvgIpc) is 2.90. The molecular formula is C12H8FN3O5. The molecule has 0 aliphatic heterocycles. The Bertz CT molecular complexity index is 740. The summed E-state index contributed by atoms with van der Waals surface area (Å²) in [5.74, 6) is -3.48. The molecular weight excluding hydrogens is 285 g/mol. The summed E-state index contributed by atoms with van der Waals surface area (Å²) in [6, 6.07) is 5.34. The molecule has 1 aromatic carbocycles. The van der Waals surface area contributed by atoms with E-state index in [0.29, 0.717) is 0 Å². The zero-order chi connectivity index (χ0) is 15.6. The highest BCUT2D eigenvalue weighted by Crippen LogP contribution is 2.17. The number of rotatable bonds is 4. The van der Waals surface area contributed by atoms with Crippen LogP contribution >= 0.6 is 0 Å². The van der Waals surface area contributed by atoms with Gasteiger partial charge in [0.2, 0.25) is 0 Å². The van der Waals surface area contributed by atoms with Gasteiger partial charge in [0.15, 0.2) is 5.69 Å². The van der Waals surface area contributed by atoms with E-state index in [2.05, 4.69) is 10.3 Å². The van der Waals surface area contributed by atoms with E-state index in [1.807, 2.05) is 0 Å². The lowest BCUT2D eigenvalue weighted by Crippen LogP contribution is -2.13. The largest absolute Gasteiger partial charge is 0.478 e. The molecule has 1 amide bonds. The van der Waals surface area contributed by atoms with Crippen LogP contribution in [-0.4, -0.2) is 26.9 Å². The zero-order valence-electron chi connectivity index (χ0n) is 10.3. The van der Waals surface area contributed by atoms with Gasteiger partial charge in [-0.05, 0) is 29.2 Å². The van der Waals surface area contributed by atoms with E-state index in [0.717, 1.165) is 18.2 Å². The van der Waals surface area contributed by atoms with Gasteiger partial charge in [-0.3, -0.25) is 4.79 Å². The molecule has 1 heterocycles. The predicted molar refractivity (Wildman–Crippen MR) is 68.8 cm³/mol. The van der Waals surface area contributed by atoms with E-state index >= 15 is 0 Å². The van der Waals surface area contributed by atoms with Crippen molar-refractivity contribution in [3.05, 3.63) is 57.5 Å². The van der Waals surface area contributed by atoms with Crippen LogP contribution in [0.25, 0.3) is 0 Å². The summed E-state index contributed by atoms with van der Waals surface area (Å²) in [4.78, 5) is 34.7. The Morgan fingerprint density at radius 1 is 1.29 bits per heavy atom. The van der Waals surface area contributed by atoms with Gasteiger partial charge in [-0.25, -0.2) is 14.2 Å². The SMILES string of the molecule is O=C(Nc1ccc(F)c(C(=O)O)c1)c1ccc([N+](=O)[O-])[nH]1. The van der Waals surface area contributed by atoms with Gasteiger partial charge in [0.25, 0.3) is 5.91 Å². The van der Waals surface area contributed by atoms with E-state index in [1.54, 1.807) is 0 Å². The molecule has 9 heteroatoms. The summed E-state index contributed by atoms with van der Waals surface area (Å²) in [6.07, 6.45) is 0. The first kappa shape index (κ1) is 14.2. The molecule has 0 saturated heterocycles. The topological polar surface area (TPSA) is 125 Å². The van der Waals surface area contributed by atoms with E-state index in [9.17, 15) is 24.1 Å². The number of anilines is 1. The molecule has 0 aliphatic rings. The maximum absolute atomic E-state index is 13.2. The van der Waals surface area contributed by atoms with Crippen LogP contribution in [0, 0.1) is 15.9 Å². The molecule has 0 spiro atoms. The zero-order valence-corrected chi connectivity index (χ0v) is 10.3. The lowest BCUT2D eigenvalue weighted by molar-refractivity contribution is -0.389. The number of aromatic carboxylic acids is 1. The highest BCUT2D eigenvalue weighted by molar-refractivity contribution is 6.03. The quantitative estimate of drug-likeness (QED) is 0.587. The molecule has 0 saturated carbocycles. The minimum Gasteiger partial charge on any atom is -0.478 e. The molecule has 0 radical (unpaired) electrons. The normalized spacial score (nSPS) is 10.1. The minimum absolute atomic E-state index is 0.0519. The van der Waals surface area contributed by atoms with Gasteiger partial charge in [-0.15, -0.1) is 0 Å². The van der Waals surface area contributed by atoms with Crippen molar-refractivity contribution in [2.24, 2.45) is 0 Å². The molecule has 3 N–H and O–H groups in total. The van der Waals surface area contributed by atoms with Crippen molar-refractivity contribution in [2.45, 2.75) is 0 Å². The van der Waals surface area contributed by atoms with Crippen molar-refractivity contribution in [3.8, 4) is 0 Å². The second kappa shape index (κ2) is 5.41. The molecule has 0 fully saturated rings. The summed E-state index contributed by atoms with van der Waals surface area (Å²) >= 11 is 0. The van der Waals surface area contributed by atoms with Crippen LogP contribution in [0.5, 0.6) is 0 Å². The van der Waals surface area contributed by atoms with Crippen molar-refractivity contribution in [3.63, 3.8) is 0 Å². The van der Waals surface area contributed by atoms with Crippen LogP contribution in [0.15, 0.2) is 30.3 Å². The fourth-order valence-electron chi connectivity index (χ4n) is 1.59. The van der Waals surface area contributed by atoms with E-state index in [1.165, 1.54) is 12.1 Å². The minimum atomic E-state index is -1.47. The number of carbonyl (C=O) groups is 2. The van der Waals surface area contributed by atoms with Gasteiger partial charge in [0.05, 0.1) is 5.56 Å². The molecule has 2 aromatic rings. The standard InChI is InChI=1S/C12H8FN3O5/c13-8-2-1-6(5-7(8)12(18)19)14-11(17)9-3-4-10(15-9)16(20)21/h1-5,15H,(H,14,17)(H,18,19). The molecule has 21 heavy (non-hydrogen) atoms. The van der Waals surface area contributed by atoms with Crippen LogP contribution in [0.4, 0.5) is 15.9 Å². The maximum Gasteiger partial charge on any atom is 0.338 e. The number of carbonyl (C=O) groups excluding carboxylic acids is 1. The van der Waals surface area contributed by atoms with Crippen LogP contribution in [0.1, 0.15) is 20.8 Å². The number of halogens is 1.